The lowest BCUT2D eigenvalue weighted by Gasteiger charge is -2.20. The quantitative estimate of drug-likeness (QED) is 0.405. The predicted molar refractivity (Wildman–Crippen MR) is 123 cm³/mol. The molecule has 0 atom stereocenters. The number of sulfonamides is 1. The van der Waals surface area contributed by atoms with E-state index in [1.165, 1.54) is 35.2 Å². The third-order valence-corrected chi connectivity index (χ3v) is 6.39. The second-order valence-corrected chi connectivity index (χ2v) is 9.09. The van der Waals surface area contributed by atoms with Crippen molar-refractivity contribution < 1.29 is 13.2 Å². The molecule has 0 saturated carbocycles. The number of amides is 1. The highest BCUT2D eigenvalue weighted by molar-refractivity contribution is 7.92. The molecule has 0 bridgehead atoms. The number of para-hydroxylation sites is 1. The van der Waals surface area contributed by atoms with E-state index in [0.29, 0.717) is 16.6 Å². The highest BCUT2D eigenvalue weighted by atomic mass is 32.2. The predicted octanol–water partition coefficient (Wildman–Crippen LogP) is 2.80. The van der Waals surface area contributed by atoms with Crippen LogP contribution in [0.2, 0.25) is 0 Å². The van der Waals surface area contributed by atoms with Crippen LogP contribution in [0, 0.1) is 11.3 Å². The zero-order valence-corrected chi connectivity index (χ0v) is 18.3. The second-order valence-electron chi connectivity index (χ2n) is 7.41. The van der Waals surface area contributed by atoms with Crippen molar-refractivity contribution >= 4 is 32.7 Å². The van der Waals surface area contributed by atoms with Gasteiger partial charge in [-0.1, -0.05) is 24.3 Å². The van der Waals surface area contributed by atoms with E-state index in [-0.39, 0.29) is 28.6 Å². The first kappa shape index (κ1) is 21.9. The number of nitrogens with zero attached hydrogens (tertiary/aromatic N) is 2. The molecule has 0 saturated heterocycles. The van der Waals surface area contributed by atoms with Crippen LogP contribution in [0.25, 0.3) is 11.0 Å². The maximum absolute atomic E-state index is 13.1. The monoisotopic (exact) mass is 461 g/mol. The van der Waals surface area contributed by atoms with Crippen molar-refractivity contribution in [3.63, 3.8) is 0 Å². The summed E-state index contributed by atoms with van der Waals surface area (Å²) >= 11 is 0. The third kappa shape index (κ3) is 4.63. The number of carbonyl (C=O) groups excluding carboxylic acids is 1. The van der Waals surface area contributed by atoms with Crippen molar-refractivity contribution in [3.8, 4) is 6.07 Å². The number of hydrogen-bond acceptors (Lipinski definition) is 5. The number of fused-ring (bicyclic) bond motifs is 1. The van der Waals surface area contributed by atoms with Crippen LogP contribution in [0.3, 0.4) is 0 Å². The number of H-pyrrole nitrogens is 2. The number of carbonyl (C=O) groups is 1. The molecule has 0 spiro atoms. The third-order valence-electron chi connectivity index (χ3n) is 5.02. The molecule has 0 fully saturated rings. The summed E-state index contributed by atoms with van der Waals surface area (Å²) in [4.78, 5) is 31.0. The summed E-state index contributed by atoms with van der Waals surface area (Å²) < 4.78 is 28.5. The van der Waals surface area contributed by atoms with E-state index in [0.717, 1.165) is 5.56 Å². The minimum Gasteiger partial charge on any atom is -0.337 e. The van der Waals surface area contributed by atoms with Crippen molar-refractivity contribution in [1.29, 1.82) is 5.26 Å². The molecule has 3 aromatic carbocycles. The molecule has 3 N–H and O–H groups in total. The summed E-state index contributed by atoms with van der Waals surface area (Å²) in [5.41, 5.74) is 1.97. The highest BCUT2D eigenvalue weighted by Crippen LogP contribution is 2.23. The largest absolute Gasteiger partial charge is 0.337 e. The van der Waals surface area contributed by atoms with Gasteiger partial charge in [-0.05, 0) is 48.0 Å². The summed E-state index contributed by atoms with van der Waals surface area (Å²) in [6, 6.07) is 19.5. The molecule has 166 valence electrons. The van der Waals surface area contributed by atoms with Crippen LogP contribution < -0.4 is 10.4 Å². The molecule has 0 radical (unpaired) electrons. The van der Waals surface area contributed by atoms with Crippen molar-refractivity contribution in [3.05, 3.63) is 93.9 Å². The van der Waals surface area contributed by atoms with E-state index in [1.807, 2.05) is 0 Å². The molecule has 4 aromatic rings. The van der Waals surface area contributed by atoms with E-state index in [2.05, 4.69) is 20.8 Å². The number of rotatable bonds is 6. The first-order valence-corrected chi connectivity index (χ1v) is 11.3. The number of aromatic nitrogens is 2. The van der Waals surface area contributed by atoms with Crippen molar-refractivity contribution in [2.45, 2.75) is 11.4 Å². The van der Waals surface area contributed by atoms with E-state index in [4.69, 9.17) is 5.26 Å². The van der Waals surface area contributed by atoms with Gasteiger partial charge in [-0.15, -0.1) is 0 Å². The molecule has 0 aliphatic rings. The Morgan fingerprint density at radius 2 is 1.79 bits per heavy atom. The fourth-order valence-corrected chi connectivity index (χ4v) is 4.54. The van der Waals surface area contributed by atoms with Crippen LogP contribution in [-0.2, 0) is 16.6 Å². The van der Waals surface area contributed by atoms with E-state index in [1.54, 1.807) is 43.4 Å². The molecule has 33 heavy (non-hydrogen) atoms. The van der Waals surface area contributed by atoms with Gasteiger partial charge in [-0.25, -0.2) is 13.2 Å². The van der Waals surface area contributed by atoms with E-state index in [9.17, 15) is 18.0 Å². The summed E-state index contributed by atoms with van der Waals surface area (Å²) in [7, 11) is -2.44. The molecular weight excluding hydrogens is 442 g/mol. The van der Waals surface area contributed by atoms with Crippen LogP contribution >= 0.6 is 0 Å². The zero-order valence-electron chi connectivity index (χ0n) is 17.5. The Morgan fingerprint density at radius 3 is 2.58 bits per heavy atom. The standard InChI is InChI=1S/C23H19N5O4S/c1-28(14-16-6-4-5-15(11-16)13-24)22(29)18-7-2-3-8-19(18)27-33(31,32)17-9-10-20-21(12-17)26-23(30)25-20/h2-12,27H,14H2,1H3,(H2,25,26,30). The Balaban J connectivity index is 1.60. The maximum Gasteiger partial charge on any atom is 0.323 e. The van der Waals surface area contributed by atoms with Crippen molar-refractivity contribution in [2.75, 3.05) is 11.8 Å². The van der Waals surface area contributed by atoms with Crippen molar-refractivity contribution in [1.82, 2.24) is 14.9 Å². The lowest BCUT2D eigenvalue weighted by molar-refractivity contribution is 0.0786. The van der Waals surface area contributed by atoms with Gasteiger partial charge < -0.3 is 14.9 Å². The number of nitrogens with one attached hydrogen (secondary N) is 3. The van der Waals surface area contributed by atoms with Crippen LogP contribution in [0.4, 0.5) is 5.69 Å². The van der Waals surface area contributed by atoms with Gasteiger partial charge in [0.1, 0.15) is 0 Å². The van der Waals surface area contributed by atoms with Crippen LogP contribution in [0.1, 0.15) is 21.5 Å². The van der Waals surface area contributed by atoms with Gasteiger partial charge in [-0.3, -0.25) is 9.52 Å². The number of nitriles is 1. The first-order valence-electron chi connectivity index (χ1n) is 9.85. The Hall–Kier alpha value is -4.36. The lowest BCUT2D eigenvalue weighted by atomic mass is 10.1. The Morgan fingerprint density at radius 1 is 1.03 bits per heavy atom. The van der Waals surface area contributed by atoms with Crippen LogP contribution in [-0.4, -0.2) is 36.2 Å². The molecule has 0 aliphatic carbocycles. The number of aromatic amines is 2. The minimum atomic E-state index is -4.04. The van der Waals surface area contributed by atoms with Gasteiger partial charge in [0.05, 0.1) is 38.8 Å². The maximum atomic E-state index is 13.1. The molecule has 10 heteroatoms. The Labute approximate surface area is 189 Å². The molecule has 0 unspecified atom stereocenters. The minimum absolute atomic E-state index is 0.0609. The fourth-order valence-electron chi connectivity index (χ4n) is 3.43. The molecule has 1 amide bonds. The fraction of sp³-hybridized carbons (Fsp3) is 0.0870. The number of anilines is 1. The summed E-state index contributed by atoms with van der Waals surface area (Å²) in [5, 5.41) is 9.07. The van der Waals surface area contributed by atoms with Gasteiger partial charge in [0.2, 0.25) is 0 Å². The number of hydrogen-bond donors (Lipinski definition) is 3. The molecule has 1 aromatic heterocycles. The van der Waals surface area contributed by atoms with Crippen molar-refractivity contribution in [2.24, 2.45) is 0 Å². The second kappa shape index (κ2) is 8.64. The van der Waals surface area contributed by atoms with Crippen LogP contribution in [0.15, 0.2) is 76.4 Å². The van der Waals surface area contributed by atoms with Gasteiger partial charge >= 0.3 is 5.69 Å². The Kier molecular flexibility index (Phi) is 5.72. The summed E-state index contributed by atoms with van der Waals surface area (Å²) in [6.45, 7) is 0.243. The topological polar surface area (TPSA) is 139 Å². The summed E-state index contributed by atoms with van der Waals surface area (Å²) in [6.07, 6.45) is 0. The van der Waals surface area contributed by atoms with Gasteiger partial charge in [0.25, 0.3) is 15.9 Å². The smallest absolute Gasteiger partial charge is 0.323 e. The van der Waals surface area contributed by atoms with Gasteiger partial charge in [0.15, 0.2) is 0 Å². The average molecular weight is 462 g/mol. The van der Waals surface area contributed by atoms with Crippen LogP contribution in [0.5, 0.6) is 0 Å². The molecule has 1 heterocycles. The summed E-state index contributed by atoms with van der Waals surface area (Å²) in [5.74, 6) is -0.388. The zero-order chi connectivity index (χ0) is 23.6. The van der Waals surface area contributed by atoms with Gasteiger partial charge in [-0.2, -0.15) is 5.26 Å². The van der Waals surface area contributed by atoms with E-state index >= 15 is 0 Å². The molecular formula is C23H19N5O4S. The Bertz CT molecular complexity index is 1560. The number of benzene rings is 3. The average Bonchev–Trinajstić information content (AvgIpc) is 3.18. The molecule has 4 rings (SSSR count). The lowest BCUT2D eigenvalue weighted by Crippen LogP contribution is -2.27. The van der Waals surface area contributed by atoms with E-state index < -0.39 is 15.7 Å². The molecule has 0 aliphatic heterocycles. The number of imidazole rings is 1. The normalized spacial score (nSPS) is 11.2. The highest BCUT2D eigenvalue weighted by Gasteiger charge is 2.21. The van der Waals surface area contributed by atoms with Gasteiger partial charge in [0, 0.05) is 13.6 Å². The first-order chi connectivity index (χ1) is 15.8. The SMILES string of the molecule is CN(Cc1cccc(C#N)c1)C(=O)c1ccccc1NS(=O)(=O)c1ccc2[nH]c(=O)[nH]c2c1. The molecule has 9 nitrogen and oxygen atoms in total.